The van der Waals surface area contributed by atoms with Crippen molar-refractivity contribution in [3.05, 3.63) is 54.2 Å². The van der Waals surface area contributed by atoms with Crippen LogP contribution >= 0.6 is 0 Å². The van der Waals surface area contributed by atoms with Crippen LogP contribution in [0.1, 0.15) is 11.5 Å². The third-order valence-electron chi connectivity index (χ3n) is 3.15. The molecule has 0 aliphatic rings. The molecule has 21 heavy (non-hydrogen) atoms. The highest BCUT2D eigenvalue weighted by atomic mass is 16.5. The van der Waals surface area contributed by atoms with Gasteiger partial charge in [-0.2, -0.15) is 4.98 Å². The zero-order valence-electron chi connectivity index (χ0n) is 12.0. The van der Waals surface area contributed by atoms with Crippen molar-refractivity contribution in [3.63, 3.8) is 0 Å². The number of hydrogen-bond acceptors (Lipinski definition) is 5. The Bertz CT molecular complexity index is 737. The topological polar surface area (TPSA) is 63.8 Å². The molecule has 0 saturated heterocycles. The van der Waals surface area contributed by atoms with Gasteiger partial charge in [0.05, 0.1) is 6.54 Å². The zero-order chi connectivity index (χ0) is 14.7. The third kappa shape index (κ3) is 2.98. The van der Waals surface area contributed by atoms with Crippen molar-refractivity contribution >= 4 is 0 Å². The normalized spacial score (nSPS) is 10.8. The van der Waals surface area contributed by atoms with Gasteiger partial charge in [0.25, 0.3) is 0 Å². The van der Waals surface area contributed by atoms with E-state index in [1.54, 1.807) is 12.4 Å². The van der Waals surface area contributed by atoms with Gasteiger partial charge in [-0.1, -0.05) is 11.2 Å². The summed E-state index contributed by atoms with van der Waals surface area (Å²) >= 11 is 0. The Morgan fingerprint density at radius 2 is 1.81 bits per heavy atom. The van der Waals surface area contributed by atoms with Crippen LogP contribution in [0.25, 0.3) is 22.5 Å². The van der Waals surface area contributed by atoms with E-state index in [4.69, 9.17) is 4.52 Å². The minimum atomic E-state index is 0.566. The molecule has 1 N–H and O–H groups in total. The van der Waals surface area contributed by atoms with Crippen LogP contribution < -0.4 is 5.32 Å². The van der Waals surface area contributed by atoms with Crippen molar-refractivity contribution in [2.24, 2.45) is 0 Å². The van der Waals surface area contributed by atoms with Gasteiger partial charge in [0.15, 0.2) is 0 Å². The molecule has 1 aromatic carbocycles. The van der Waals surface area contributed by atoms with E-state index in [0.29, 0.717) is 18.3 Å². The fraction of sp³-hybridized carbons (Fsp3) is 0.188. The average Bonchev–Trinajstić information content (AvgIpc) is 2.97. The van der Waals surface area contributed by atoms with Crippen LogP contribution in [0.3, 0.4) is 0 Å². The first kappa shape index (κ1) is 13.5. The molecule has 3 rings (SSSR count). The van der Waals surface area contributed by atoms with Gasteiger partial charge in [0.2, 0.25) is 11.7 Å². The average molecular weight is 280 g/mol. The number of aryl methyl sites for hydroxylation is 1. The first-order valence-corrected chi connectivity index (χ1v) is 6.76. The molecule has 0 bridgehead atoms. The summed E-state index contributed by atoms with van der Waals surface area (Å²) in [7, 11) is 1.85. The van der Waals surface area contributed by atoms with Gasteiger partial charge in [-0.3, -0.25) is 4.98 Å². The van der Waals surface area contributed by atoms with E-state index < -0.39 is 0 Å². The summed E-state index contributed by atoms with van der Waals surface area (Å²) in [6, 6.07) is 10.2. The first-order chi connectivity index (χ1) is 10.3. The fourth-order valence-corrected chi connectivity index (χ4v) is 2.22. The van der Waals surface area contributed by atoms with Gasteiger partial charge in [-0.25, -0.2) is 0 Å². The SMILES string of the molecule is CNCc1nc(-c2cc(C)cc(-c3ccncc3)c2)no1. The minimum Gasteiger partial charge on any atom is -0.338 e. The summed E-state index contributed by atoms with van der Waals surface area (Å²) in [5.41, 5.74) is 4.34. The summed E-state index contributed by atoms with van der Waals surface area (Å²) < 4.78 is 5.21. The van der Waals surface area contributed by atoms with Crippen molar-refractivity contribution in [1.82, 2.24) is 20.4 Å². The molecule has 3 aromatic rings. The van der Waals surface area contributed by atoms with Crippen LogP contribution in [-0.4, -0.2) is 22.2 Å². The molecule has 0 aliphatic heterocycles. The number of nitrogens with zero attached hydrogens (tertiary/aromatic N) is 3. The monoisotopic (exact) mass is 280 g/mol. The molecule has 106 valence electrons. The fourth-order valence-electron chi connectivity index (χ4n) is 2.22. The smallest absolute Gasteiger partial charge is 0.240 e. The molecule has 0 unspecified atom stereocenters. The number of nitrogens with one attached hydrogen (secondary N) is 1. The molecule has 2 aromatic heterocycles. The lowest BCUT2D eigenvalue weighted by molar-refractivity contribution is 0.372. The lowest BCUT2D eigenvalue weighted by Crippen LogP contribution is -2.04. The Balaban J connectivity index is 2.01. The summed E-state index contributed by atoms with van der Waals surface area (Å²) in [5.74, 6) is 1.19. The molecular weight excluding hydrogens is 264 g/mol. The second-order valence-electron chi connectivity index (χ2n) is 4.87. The Labute approximate surface area is 123 Å². The molecule has 0 spiro atoms. The third-order valence-corrected chi connectivity index (χ3v) is 3.15. The van der Waals surface area contributed by atoms with Crippen LogP contribution in [0.15, 0.2) is 47.2 Å². The molecule has 5 nitrogen and oxygen atoms in total. The Hall–Kier alpha value is -2.53. The van der Waals surface area contributed by atoms with E-state index in [2.05, 4.69) is 45.6 Å². The van der Waals surface area contributed by atoms with Crippen LogP contribution in [0.5, 0.6) is 0 Å². The highest BCUT2D eigenvalue weighted by Crippen LogP contribution is 2.26. The molecule has 0 amide bonds. The van der Waals surface area contributed by atoms with Crippen molar-refractivity contribution in [2.75, 3.05) is 7.05 Å². The van der Waals surface area contributed by atoms with Crippen LogP contribution in [0.2, 0.25) is 0 Å². The van der Waals surface area contributed by atoms with Gasteiger partial charge in [-0.15, -0.1) is 0 Å². The van der Waals surface area contributed by atoms with E-state index >= 15 is 0 Å². The highest BCUT2D eigenvalue weighted by molar-refractivity contribution is 5.70. The number of rotatable bonds is 4. The number of hydrogen-bond donors (Lipinski definition) is 1. The maximum atomic E-state index is 5.21. The number of benzene rings is 1. The lowest BCUT2D eigenvalue weighted by Gasteiger charge is -2.05. The maximum absolute atomic E-state index is 5.21. The van der Waals surface area contributed by atoms with Crippen molar-refractivity contribution in [2.45, 2.75) is 13.5 Å². The predicted octanol–water partition coefficient (Wildman–Crippen LogP) is 2.83. The lowest BCUT2D eigenvalue weighted by atomic mass is 10.0. The van der Waals surface area contributed by atoms with Crippen molar-refractivity contribution in [1.29, 1.82) is 0 Å². The van der Waals surface area contributed by atoms with Gasteiger partial charge < -0.3 is 9.84 Å². The summed E-state index contributed by atoms with van der Waals surface area (Å²) in [6.45, 7) is 2.62. The molecule has 2 heterocycles. The highest BCUT2D eigenvalue weighted by Gasteiger charge is 2.10. The van der Waals surface area contributed by atoms with Gasteiger partial charge in [0, 0.05) is 18.0 Å². The maximum Gasteiger partial charge on any atom is 0.240 e. The van der Waals surface area contributed by atoms with Gasteiger partial charge in [-0.05, 0) is 54.9 Å². The Morgan fingerprint density at radius 1 is 1.05 bits per heavy atom. The van der Waals surface area contributed by atoms with E-state index in [1.165, 1.54) is 0 Å². The quantitative estimate of drug-likeness (QED) is 0.796. The van der Waals surface area contributed by atoms with Crippen LogP contribution in [0, 0.1) is 6.92 Å². The largest absolute Gasteiger partial charge is 0.338 e. The zero-order valence-corrected chi connectivity index (χ0v) is 12.0. The van der Waals surface area contributed by atoms with Gasteiger partial charge >= 0.3 is 0 Å². The predicted molar refractivity (Wildman–Crippen MR) is 80.5 cm³/mol. The first-order valence-electron chi connectivity index (χ1n) is 6.76. The van der Waals surface area contributed by atoms with E-state index in [1.807, 2.05) is 19.2 Å². The van der Waals surface area contributed by atoms with E-state index in [0.717, 1.165) is 22.3 Å². The minimum absolute atomic E-state index is 0.566. The summed E-state index contributed by atoms with van der Waals surface area (Å²) in [5, 5.41) is 7.04. The van der Waals surface area contributed by atoms with Gasteiger partial charge in [0.1, 0.15) is 0 Å². The molecule has 0 atom stereocenters. The summed E-state index contributed by atoms with van der Waals surface area (Å²) in [4.78, 5) is 8.44. The molecule has 0 aliphatic carbocycles. The molecule has 5 heteroatoms. The van der Waals surface area contributed by atoms with Crippen molar-refractivity contribution in [3.8, 4) is 22.5 Å². The van der Waals surface area contributed by atoms with Crippen molar-refractivity contribution < 1.29 is 4.52 Å². The number of pyridine rings is 1. The molecular formula is C16H16N4O. The second-order valence-corrected chi connectivity index (χ2v) is 4.87. The Kier molecular flexibility index (Phi) is 3.75. The molecule has 0 radical (unpaired) electrons. The summed E-state index contributed by atoms with van der Waals surface area (Å²) in [6.07, 6.45) is 3.58. The molecule has 0 fully saturated rings. The second kappa shape index (κ2) is 5.85. The van der Waals surface area contributed by atoms with Crippen LogP contribution in [0.4, 0.5) is 0 Å². The standard InChI is InChI=1S/C16H16N4O/c1-11-7-13(12-3-5-18-6-4-12)9-14(8-11)16-19-15(10-17-2)21-20-16/h3-9,17H,10H2,1-2H3. The van der Waals surface area contributed by atoms with Crippen LogP contribution in [-0.2, 0) is 6.54 Å². The van der Waals surface area contributed by atoms with E-state index in [-0.39, 0.29) is 0 Å². The Morgan fingerprint density at radius 3 is 2.57 bits per heavy atom. The number of aromatic nitrogens is 3. The molecule has 0 saturated carbocycles. The van der Waals surface area contributed by atoms with E-state index in [9.17, 15) is 0 Å².